The number of nitrogens with one attached hydrogen (secondary N) is 1. The zero-order chi connectivity index (χ0) is 7.56. The van der Waals surface area contributed by atoms with Crippen molar-refractivity contribution in [3.63, 3.8) is 0 Å². The molecule has 10 heavy (non-hydrogen) atoms. The molecule has 0 aromatic heterocycles. The van der Waals surface area contributed by atoms with Crippen LogP contribution in [0.3, 0.4) is 0 Å². The zero-order valence-corrected chi connectivity index (χ0v) is 6.09. The molecule has 0 bridgehead atoms. The van der Waals surface area contributed by atoms with Gasteiger partial charge in [-0.3, -0.25) is 9.79 Å². The Morgan fingerprint density at radius 1 is 1.90 bits per heavy atom. The Labute approximate surface area is 63.0 Å². The molecule has 0 fully saturated rings. The fraction of sp³-hybridized carbons (Fsp3) is 0.400. The highest BCUT2D eigenvalue weighted by atomic mass is 35.5. The summed E-state index contributed by atoms with van der Waals surface area (Å²) in [4.78, 5) is 14.5. The molecule has 1 unspecified atom stereocenters. The van der Waals surface area contributed by atoms with Crippen LogP contribution in [0.5, 0.6) is 0 Å². The second kappa shape index (κ2) is 2.79. The quantitative estimate of drug-likeness (QED) is 0.488. The molecule has 1 aliphatic heterocycles. The second-order valence-corrected chi connectivity index (χ2v) is 2.18. The first-order valence-corrected chi connectivity index (χ1v) is 3.13. The van der Waals surface area contributed by atoms with Crippen LogP contribution < -0.4 is 5.43 Å². The summed E-state index contributed by atoms with van der Waals surface area (Å²) in [5, 5.41) is 2.83. The number of aliphatic imine (C=N–C) groups is 1. The van der Waals surface area contributed by atoms with Crippen LogP contribution in [0.1, 0.15) is 0 Å². The number of hydrogen-bond acceptors (Lipinski definition) is 3. The molecule has 1 rings (SSSR count). The van der Waals surface area contributed by atoms with Gasteiger partial charge in [0.25, 0.3) is 5.91 Å². The van der Waals surface area contributed by atoms with E-state index in [1.54, 1.807) is 7.05 Å². The van der Waals surface area contributed by atoms with E-state index in [1.807, 2.05) is 0 Å². The number of hydrogen-bond donors (Lipinski definition) is 1. The number of carbonyl (C=O) groups is 1. The van der Waals surface area contributed by atoms with E-state index in [-0.39, 0.29) is 5.91 Å². The van der Waals surface area contributed by atoms with Crippen molar-refractivity contribution in [3.05, 3.63) is 0 Å². The second-order valence-electron chi connectivity index (χ2n) is 1.75. The molecular formula is C5H6ClN3O. The number of alkyl halides is 1. The molecule has 0 saturated heterocycles. The Kier molecular flexibility index (Phi) is 2.01. The van der Waals surface area contributed by atoms with Gasteiger partial charge in [-0.25, -0.2) is 5.43 Å². The van der Waals surface area contributed by atoms with E-state index < -0.39 is 5.38 Å². The van der Waals surface area contributed by atoms with Crippen molar-refractivity contribution in [2.75, 3.05) is 7.05 Å². The SMILES string of the molecule is CN=C1C=NNC(=O)C1Cl. The normalized spacial score (nSPS) is 28.8. The number of hydrazone groups is 1. The predicted octanol–water partition coefficient (Wildman–Crippen LogP) is -0.220. The van der Waals surface area contributed by atoms with Gasteiger partial charge in [0.1, 0.15) is 0 Å². The fourth-order valence-electron chi connectivity index (χ4n) is 0.590. The Balaban J connectivity index is 2.87. The van der Waals surface area contributed by atoms with Gasteiger partial charge in [0, 0.05) is 7.05 Å². The third kappa shape index (κ3) is 1.16. The van der Waals surface area contributed by atoms with Crippen molar-refractivity contribution in [1.82, 2.24) is 5.43 Å². The number of rotatable bonds is 0. The van der Waals surface area contributed by atoms with Crippen molar-refractivity contribution in [1.29, 1.82) is 0 Å². The molecular weight excluding hydrogens is 154 g/mol. The maximum atomic E-state index is 10.7. The van der Waals surface area contributed by atoms with Gasteiger partial charge in [0.05, 0.1) is 11.9 Å². The Morgan fingerprint density at radius 2 is 2.60 bits per heavy atom. The Bertz CT molecular complexity index is 208. The number of carbonyl (C=O) groups excluding carboxylic acids is 1. The average molecular weight is 160 g/mol. The summed E-state index contributed by atoms with van der Waals surface area (Å²) in [6, 6.07) is 0. The lowest BCUT2D eigenvalue weighted by atomic mass is 10.2. The molecule has 1 N–H and O–H groups in total. The van der Waals surface area contributed by atoms with Gasteiger partial charge in [-0.2, -0.15) is 5.10 Å². The van der Waals surface area contributed by atoms with E-state index in [4.69, 9.17) is 11.6 Å². The third-order valence-electron chi connectivity index (χ3n) is 1.12. The van der Waals surface area contributed by atoms with Crippen molar-refractivity contribution >= 4 is 29.4 Å². The largest absolute Gasteiger partial charge is 0.289 e. The van der Waals surface area contributed by atoms with Crippen LogP contribution in [0.4, 0.5) is 0 Å². The molecule has 0 aromatic carbocycles. The number of halogens is 1. The van der Waals surface area contributed by atoms with Crippen LogP contribution >= 0.6 is 11.6 Å². The molecule has 0 aliphatic carbocycles. The molecule has 0 saturated carbocycles. The molecule has 5 heteroatoms. The van der Waals surface area contributed by atoms with Gasteiger partial charge >= 0.3 is 0 Å². The summed E-state index contributed by atoms with van der Waals surface area (Å²) in [5.41, 5.74) is 2.70. The molecule has 1 amide bonds. The van der Waals surface area contributed by atoms with E-state index in [2.05, 4.69) is 15.5 Å². The van der Waals surface area contributed by atoms with E-state index >= 15 is 0 Å². The first-order valence-electron chi connectivity index (χ1n) is 2.69. The Hall–Kier alpha value is -0.900. The smallest absolute Gasteiger partial charge is 0.264 e. The van der Waals surface area contributed by atoms with E-state index in [0.717, 1.165) is 0 Å². The lowest BCUT2D eigenvalue weighted by Gasteiger charge is -2.10. The van der Waals surface area contributed by atoms with Gasteiger partial charge in [-0.05, 0) is 0 Å². The summed E-state index contributed by atoms with van der Waals surface area (Å²) in [6.45, 7) is 0. The van der Waals surface area contributed by atoms with Gasteiger partial charge in [0.2, 0.25) is 0 Å². The van der Waals surface area contributed by atoms with Gasteiger partial charge in [-0.1, -0.05) is 0 Å². The summed E-state index contributed by atoms with van der Waals surface area (Å²) in [5.74, 6) is -0.329. The molecule has 1 aliphatic rings. The summed E-state index contributed by atoms with van der Waals surface area (Å²) in [7, 11) is 1.56. The summed E-state index contributed by atoms with van der Waals surface area (Å²) < 4.78 is 0. The lowest BCUT2D eigenvalue weighted by molar-refractivity contribution is -0.119. The van der Waals surface area contributed by atoms with Gasteiger partial charge < -0.3 is 0 Å². The minimum Gasteiger partial charge on any atom is -0.289 e. The minimum atomic E-state index is -0.692. The molecule has 0 spiro atoms. The van der Waals surface area contributed by atoms with Crippen LogP contribution in [0.25, 0.3) is 0 Å². The van der Waals surface area contributed by atoms with Crippen molar-refractivity contribution < 1.29 is 4.79 Å². The standard InChI is InChI=1S/C5H6ClN3O/c1-7-3-2-8-9-5(10)4(3)6/h2,4H,1H3,(H,9,10). The van der Waals surface area contributed by atoms with Crippen molar-refractivity contribution in [3.8, 4) is 0 Å². The maximum Gasteiger partial charge on any atom is 0.264 e. The number of nitrogens with zero attached hydrogens (tertiary/aromatic N) is 2. The predicted molar refractivity (Wildman–Crippen MR) is 39.6 cm³/mol. The van der Waals surface area contributed by atoms with Crippen LogP contribution in [-0.2, 0) is 4.79 Å². The van der Waals surface area contributed by atoms with Crippen LogP contribution in [0, 0.1) is 0 Å². The highest BCUT2D eigenvalue weighted by Gasteiger charge is 2.22. The average Bonchev–Trinajstić information content (AvgIpc) is 1.95. The van der Waals surface area contributed by atoms with Crippen LogP contribution in [-0.4, -0.2) is 30.3 Å². The minimum absolute atomic E-state index is 0.329. The van der Waals surface area contributed by atoms with E-state index in [1.165, 1.54) is 6.21 Å². The number of amides is 1. The first-order chi connectivity index (χ1) is 4.75. The van der Waals surface area contributed by atoms with Gasteiger partial charge in [-0.15, -0.1) is 11.6 Å². The van der Waals surface area contributed by atoms with Crippen LogP contribution in [0.2, 0.25) is 0 Å². The summed E-state index contributed by atoms with van der Waals surface area (Å²) >= 11 is 5.60. The van der Waals surface area contributed by atoms with Crippen molar-refractivity contribution in [2.45, 2.75) is 5.38 Å². The van der Waals surface area contributed by atoms with Crippen molar-refractivity contribution in [2.24, 2.45) is 10.1 Å². The van der Waals surface area contributed by atoms with E-state index in [0.29, 0.717) is 5.71 Å². The van der Waals surface area contributed by atoms with Gasteiger partial charge in [0.15, 0.2) is 5.38 Å². The maximum absolute atomic E-state index is 10.7. The first kappa shape index (κ1) is 7.21. The van der Waals surface area contributed by atoms with E-state index in [9.17, 15) is 4.79 Å². The molecule has 0 radical (unpaired) electrons. The monoisotopic (exact) mass is 159 g/mol. The fourth-order valence-corrected chi connectivity index (χ4v) is 0.792. The topological polar surface area (TPSA) is 53.8 Å². The lowest BCUT2D eigenvalue weighted by Crippen LogP contribution is -2.38. The molecule has 54 valence electrons. The summed E-state index contributed by atoms with van der Waals surface area (Å²) in [6.07, 6.45) is 1.43. The molecule has 1 heterocycles. The zero-order valence-electron chi connectivity index (χ0n) is 5.34. The Morgan fingerprint density at radius 3 is 3.10 bits per heavy atom. The molecule has 1 atom stereocenters. The van der Waals surface area contributed by atoms with Crippen LogP contribution in [0.15, 0.2) is 10.1 Å². The highest BCUT2D eigenvalue weighted by Crippen LogP contribution is 2.01. The molecule has 0 aromatic rings. The third-order valence-corrected chi connectivity index (χ3v) is 1.54. The highest BCUT2D eigenvalue weighted by molar-refractivity contribution is 6.54. The molecule has 4 nitrogen and oxygen atoms in total.